The van der Waals surface area contributed by atoms with Crippen LogP contribution in [0.3, 0.4) is 0 Å². The van der Waals surface area contributed by atoms with Gasteiger partial charge in [-0.25, -0.2) is 9.97 Å². The molecular formula is C21H25N5O2S. The Morgan fingerprint density at radius 2 is 2.17 bits per heavy atom. The third kappa shape index (κ3) is 4.71. The summed E-state index contributed by atoms with van der Waals surface area (Å²) < 4.78 is 5.68. The van der Waals surface area contributed by atoms with Gasteiger partial charge in [-0.15, -0.1) is 11.3 Å². The number of hydrogen-bond donors (Lipinski definition) is 2. The van der Waals surface area contributed by atoms with Crippen LogP contribution in [0.25, 0.3) is 10.2 Å². The summed E-state index contributed by atoms with van der Waals surface area (Å²) in [7, 11) is 0. The minimum absolute atomic E-state index is 0.0506. The number of ether oxygens (including phenoxy) is 1. The van der Waals surface area contributed by atoms with Crippen LogP contribution < -0.4 is 10.6 Å². The van der Waals surface area contributed by atoms with E-state index in [9.17, 15) is 4.79 Å². The van der Waals surface area contributed by atoms with Crippen molar-refractivity contribution in [2.45, 2.75) is 38.7 Å². The number of hydrogen-bond acceptors (Lipinski definition) is 7. The van der Waals surface area contributed by atoms with Gasteiger partial charge in [0.15, 0.2) is 0 Å². The molecule has 0 radical (unpaired) electrons. The lowest BCUT2D eigenvalue weighted by molar-refractivity contribution is 0.0956. The van der Waals surface area contributed by atoms with E-state index in [0.29, 0.717) is 11.4 Å². The van der Waals surface area contributed by atoms with Gasteiger partial charge in [0.2, 0.25) is 0 Å². The average Bonchev–Trinajstić information content (AvgIpc) is 3.39. The first kappa shape index (κ1) is 19.7. The van der Waals surface area contributed by atoms with Gasteiger partial charge in [0.05, 0.1) is 16.4 Å². The maximum absolute atomic E-state index is 12.7. The Morgan fingerprint density at radius 1 is 1.31 bits per heavy atom. The van der Waals surface area contributed by atoms with E-state index in [4.69, 9.17) is 4.74 Å². The van der Waals surface area contributed by atoms with Crippen LogP contribution in [0.2, 0.25) is 0 Å². The second kappa shape index (κ2) is 9.28. The molecule has 0 spiro atoms. The van der Waals surface area contributed by atoms with Crippen LogP contribution in [0.5, 0.6) is 0 Å². The fraction of sp³-hybridized carbons (Fsp3) is 0.429. The molecule has 4 rings (SSSR count). The maximum atomic E-state index is 12.7. The molecule has 0 bridgehead atoms. The molecule has 0 aromatic carbocycles. The Morgan fingerprint density at radius 3 is 2.97 bits per heavy atom. The minimum atomic E-state index is -0.0506. The van der Waals surface area contributed by atoms with Crippen LogP contribution in [0.1, 0.15) is 40.1 Å². The van der Waals surface area contributed by atoms with Crippen LogP contribution in [0.15, 0.2) is 30.9 Å². The number of carbonyl (C=O) groups excluding carboxylic acids is 1. The van der Waals surface area contributed by atoms with Crippen molar-refractivity contribution in [1.82, 2.24) is 20.3 Å². The summed E-state index contributed by atoms with van der Waals surface area (Å²) in [4.78, 5) is 27.0. The molecule has 152 valence electrons. The molecule has 8 heteroatoms. The second-order valence-corrected chi connectivity index (χ2v) is 8.19. The number of aromatic nitrogens is 3. The molecule has 7 nitrogen and oxygen atoms in total. The van der Waals surface area contributed by atoms with Crippen molar-refractivity contribution in [2.24, 2.45) is 0 Å². The van der Waals surface area contributed by atoms with Gasteiger partial charge in [0.25, 0.3) is 5.91 Å². The number of aryl methyl sites for hydroxylation is 2. The molecule has 2 N–H and O–H groups in total. The number of fused-ring (bicyclic) bond motifs is 1. The van der Waals surface area contributed by atoms with Crippen molar-refractivity contribution in [1.29, 1.82) is 0 Å². The largest absolute Gasteiger partial charge is 0.376 e. The number of pyridine rings is 1. The monoisotopic (exact) mass is 411 g/mol. The number of carbonyl (C=O) groups is 1. The summed E-state index contributed by atoms with van der Waals surface area (Å²) in [6.45, 7) is 4.14. The zero-order valence-electron chi connectivity index (χ0n) is 16.5. The SMILES string of the molecule is Cc1c(C(=O)NCCCc2ccncc2)sc2ncnc(NCC3CCCO3)c12. The molecule has 0 aliphatic carbocycles. The van der Waals surface area contributed by atoms with E-state index in [2.05, 4.69) is 25.6 Å². The van der Waals surface area contributed by atoms with Crippen LogP contribution in [0, 0.1) is 6.92 Å². The van der Waals surface area contributed by atoms with E-state index < -0.39 is 0 Å². The highest BCUT2D eigenvalue weighted by atomic mass is 32.1. The van der Waals surface area contributed by atoms with Crippen LogP contribution in [-0.4, -0.2) is 46.7 Å². The molecule has 1 fully saturated rings. The lowest BCUT2D eigenvalue weighted by Crippen LogP contribution is -2.24. The van der Waals surface area contributed by atoms with Crippen molar-refractivity contribution in [3.05, 3.63) is 46.9 Å². The molecule has 4 heterocycles. The number of rotatable bonds is 8. The van der Waals surface area contributed by atoms with Gasteiger partial charge in [-0.1, -0.05) is 0 Å². The van der Waals surface area contributed by atoms with E-state index in [-0.39, 0.29) is 12.0 Å². The zero-order valence-corrected chi connectivity index (χ0v) is 17.3. The summed E-state index contributed by atoms with van der Waals surface area (Å²) in [5.74, 6) is 0.723. The lowest BCUT2D eigenvalue weighted by Gasteiger charge is -2.12. The van der Waals surface area contributed by atoms with Crippen molar-refractivity contribution in [2.75, 3.05) is 25.0 Å². The molecule has 29 heavy (non-hydrogen) atoms. The predicted octanol–water partition coefficient (Wildman–Crippen LogP) is 3.35. The van der Waals surface area contributed by atoms with E-state index >= 15 is 0 Å². The zero-order chi connectivity index (χ0) is 20.1. The fourth-order valence-corrected chi connectivity index (χ4v) is 4.63. The third-order valence-electron chi connectivity index (χ3n) is 5.13. The smallest absolute Gasteiger partial charge is 0.261 e. The van der Waals surface area contributed by atoms with Crippen LogP contribution in [0.4, 0.5) is 5.82 Å². The molecule has 3 aromatic rings. The van der Waals surface area contributed by atoms with Gasteiger partial charge >= 0.3 is 0 Å². The molecule has 1 saturated heterocycles. The summed E-state index contributed by atoms with van der Waals surface area (Å²) in [5.41, 5.74) is 2.15. The predicted molar refractivity (Wildman–Crippen MR) is 115 cm³/mol. The number of anilines is 1. The number of nitrogens with one attached hydrogen (secondary N) is 2. The molecular weight excluding hydrogens is 386 g/mol. The Hall–Kier alpha value is -2.58. The minimum Gasteiger partial charge on any atom is -0.376 e. The van der Waals surface area contributed by atoms with Crippen molar-refractivity contribution in [3.8, 4) is 0 Å². The lowest BCUT2D eigenvalue weighted by atomic mass is 10.1. The highest BCUT2D eigenvalue weighted by Gasteiger charge is 2.20. The summed E-state index contributed by atoms with van der Waals surface area (Å²) in [6.07, 6.45) is 9.32. The third-order valence-corrected chi connectivity index (χ3v) is 6.33. The number of thiophene rings is 1. The number of nitrogens with zero attached hydrogens (tertiary/aromatic N) is 3. The quantitative estimate of drug-likeness (QED) is 0.553. The molecule has 3 aromatic heterocycles. The first-order valence-electron chi connectivity index (χ1n) is 9.99. The topological polar surface area (TPSA) is 89.0 Å². The number of amides is 1. The first-order chi connectivity index (χ1) is 14.2. The van der Waals surface area contributed by atoms with Crippen LogP contribution >= 0.6 is 11.3 Å². The van der Waals surface area contributed by atoms with Gasteiger partial charge in [-0.05, 0) is 55.9 Å². The standard InChI is InChI=1S/C21H25N5O2S/c1-14-17-19(24-12-16-5-3-11-28-16)25-13-26-21(17)29-18(14)20(27)23-8-2-4-15-6-9-22-10-7-15/h6-7,9-10,13,16H,2-5,8,11-12H2,1H3,(H,23,27)(H,24,25,26). The molecule has 1 amide bonds. The molecule has 0 saturated carbocycles. The summed E-state index contributed by atoms with van der Waals surface area (Å²) in [5, 5.41) is 7.35. The highest BCUT2D eigenvalue weighted by Crippen LogP contribution is 2.33. The van der Waals surface area contributed by atoms with Gasteiger partial charge in [-0.2, -0.15) is 0 Å². The Balaban J connectivity index is 1.39. The van der Waals surface area contributed by atoms with E-state index in [0.717, 1.165) is 60.4 Å². The van der Waals surface area contributed by atoms with Gasteiger partial charge in [0, 0.05) is 32.1 Å². The van der Waals surface area contributed by atoms with Gasteiger partial charge in [0.1, 0.15) is 17.0 Å². The van der Waals surface area contributed by atoms with E-state index in [1.165, 1.54) is 16.9 Å². The Kier molecular flexibility index (Phi) is 6.31. The maximum Gasteiger partial charge on any atom is 0.261 e. The van der Waals surface area contributed by atoms with Crippen LogP contribution in [-0.2, 0) is 11.2 Å². The van der Waals surface area contributed by atoms with E-state index in [1.54, 1.807) is 18.7 Å². The van der Waals surface area contributed by atoms with Crippen molar-refractivity contribution < 1.29 is 9.53 Å². The van der Waals surface area contributed by atoms with E-state index in [1.807, 2.05) is 19.1 Å². The van der Waals surface area contributed by atoms with Gasteiger partial charge < -0.3 is 15.4 Å². The molecule has 1 aliphatic rings. The first-order valence-corrected chi connectivity index (χ1v) is 10.8. The fourth-order valence-electron chi connectivity index (χ4n) is 3.56. The average molecular weight is 412 g/mol. The summed E-state index contributed by atoms with van der Waals surface area (Å²) >= 11 is 1.42. The molecule has 1 aliphatic heterocycles. The Labute approximate surface area is 173 Å². The normalized spacial score (nSPS) is 16.2. The molecule has 1 unspecified atom stereocenters. The Bertz CT molecular complexity index is 970. The van der Waals surface area contributed by atoms with Gasteiger partial charge in [-0.3, -0.25) is 9.78 Å². The molecule has 1 atom stereocenters. The highest BCUT2D eigenvalue weighted by molar-refractivity contribution is 7.20. The van der Waals surface area contributed by atoms with Crippen molar-refractivity contribution in [3.63, 3.8) is 0 Å². The summed E-state index contributed by atoms with van der Waals surface area (Å²) in [6, 6.07) is 4.00. The second-order valence-electron chi connectivity index (χ2n) is 7.19. The van der Waals surface area contributed by atoms with Crippen molar-refractivity contribution >= 4 is 33.3 Å².